The minimum atomic E-state index is -0.393. The van der Waals surface area contributed by atoms with E-state index in [0.717, 1.165) is 17.3 Å². The second-order valence-electron chi connectivity index (χ2n) is 6.36. The van der Waals surface area contributed by atoms with E-state index in [1.54, 1.807) is 18.2 Å². The molecule has 0 aliphatic carbocycles. The molecule has 1 N–H and O–H groups in total. The first-order valence-electron chi connectivity index (χ1n) is 9.08. The maximum absolute atomic E-state index is 12.4. The van der Waals surface area contributed by atoms with Crippen LogP contribution in [0.1, 0.15) is 28.8 Å². The summed E-state index contributed by atoms with van der Waals surface area (Å²) in [5.74, 6) is 0.228. The van der Waals surface area contributed by atoms with E-state index in [9.17, 15) is 9.59 Å². The predicted octanol–water partition coefficient (Wildman–Crippen LogP) is 3.93. The van der Waals surface area contributed by atoms with Gasteiger partial charge in [-0.3, -0.25) is 9.59 Å². The van der Waals surface area contributed by atoms with Gasteiger partial charge in [-0.1, -0.05) is 18.2 Å². The first-order valence-corrected chi connectivity index (χ1v) is 9.08. The summed E-state index contributed by atoms with van der Waals surface area (Å²) in [6.07, 6.45) is 3.63. The van der Waals surface area contributed by atoms with Crippen molar-refractivity contribution in [1.29, 1.82) is 0 Å². The van der Waals surface area contributed by atoms with Crippen molar-refractivity contribution in [2.24, 2.45) is 0 Å². The van der Waals surface area contributed by atoms with Gasteiger partial charge < -0.3 is 19.2 Å². The number of nitrogens with one attached hydrogen (secondary N) is 1. The SMILES string of the molecule is COc1ccc(OC)c(C(=O)COC(=O)CCCc2c[nH]c3ccccc23)c1. The Labute approximate surface area is 163 Å². The Balaban J connectivity index is 1.50. The maximum atomic E-state index is 12.4. The number of hydrogen-bond donors (Lipinski definition) is 1. The Morgan fingerprint density at radius 2 is 1.86 bits per heavy atom. The first kappa shape index (κ1) is 19.5. The highest BCUT2D eigenvalue weighted by molar-refractivity contribution is 6.00. The number of esters is 1. The van der Waals surface area contributed by atoms with E-state index in [1.165, 1.54) is 19.8 Å². The number of H-pyrrole nitrogens is 1. The van der Waals surface area contributed by atoms with Crippen molar-refractivity contribution in [1.82, 2.24) is 4.98 Å². The number of aromatic nitrogens is 1. The number of para-hydroxylation sites is 1. The molecule has 3 rings (SSSR count). The van der Waals surface area contributed by atoms with Crippen molar-refractivity contribution < 1.29 is 23.8 Å². The lowest BCUT2D eigenvalue weighted by atomic mass is 10.1. The van der Waals surface area contributed by atoms with Crippen molar-refractivity contribution in [3.63, 3.8) is 0 Å². The van der Waals surface area contributed by atoms with Crippen LogP contribution in [-0.2, 0) is 16.0 Å². The number of Topliss-reactive ketones (excluding diaryl/α,β-unsaturated/α-hetero) is 1. The molecule has 28 heavy (non-hydrogen) atoms. The topological polar surface area (TPSA) is 77.6 Å². The maximum Gasteiger partial charge on any atom is 0.306 e. The number of benzene rings is 2. The standard InChI is InChI=1S/C22H23NO5/c1-26-16-10-11-21(27-2)18(12-16)20(24)14-28-22(25)9-5-6-15-13-23-19-8-4-3-7-17(15)19/h3-4,7-8,10-13,23H,5-6,9,14H2,1-2H3. The fraction of sp³-hybridized carbons (Fsp3) is 0.273. The van der Waals surface area contributed by atoms with Crippen molar-refractivity contribution in [2.75, 3.05) is 20.8 Å². The van der Waals surface area contributed by atoms with Gasteiger partial charge in [-0.05, 0) is 42.7 Å². The minimum Gasteiger partial charge on any atom is -0.497 e. The van der Waals surface area contributed by atoms with Crippen LogP contribution in [0.4, 0.5) is 0 Å². The number of fused-ring (bicyclic) bond motifs is 1. The minimum absolute atomic E-state index is 0.252. The third kappa shape index (κ3) is 4.52. The van der Waals surface area contributed by atoms with Crippen LogP contribution >= 0.6 is 0 Å². The number of carbonyl (C=O) groups excluding carboxylic acids is 2. The summed E-state index contributed by atoms with van der Waals surface area (Å²) in [6, 6.07) is 13.0. The van der Waals surface area contributed by atoms with Crippen LogP contribution in [0.3, 0.4) is 0 Å². The van der Waals surface area contributed by atoms with Crippen molar-refractivity contribution in [3.8, 4) is 11.5 Å². The average Bonchev–Trinajstić information content (AvgIpc) is 3.14. The van der Waals surface area contributed by atoms with E-state index < -0.39 is 5.97 Å². The molecule has 0 radical (unpaired) electrons. The summed E-state index contributed by atoms with van der Waals surface area (Å²) in [4.78, 5) is 27.6. The third-order valence-corrected chi connectivity index (χ3v) is 4.57. The zero-order valence-corrected chi connectivity index (χ0v) is 16.0. The van der Waals surface area contributed by atoms with Gasteiger partial charge in [0.2, 0.25) is 5.78 Å². The molecule has 6 heteroatoms. The number of methoxy groups -OCH3 is 2. The normalized spacial score (nSPS) is 10.6. The van der Waals surface area contributed by atoms with Crippen LogP contribution in [0.2, 0.25) is 0 Å². The average molecular weight is 381 g/mol. The molecule has 0 aliphatic heterocycles. The van der Waals surface area contributed by atoms with Crippen molar-refractivity contribution >= 4 is 22.7 Å². The largest absolute Gasteiger partial charge is 0.497 e. The molecule has 0 amide bonds. The first-order chi connectivity index (χ1) is 13.6. The highest BCUT2D eigenvalue weighted by Crippen LogP contribution is 2.24. The zero-order chi connectivity index (χ0) is 19.9. The number of ether oxygens (including phenoxy) is 3. The van der Waals surface area contributed by atoms with E-state index in [-0.39, 0.29) is 18.8 Å². The fourth-order valence-corrected chi connectivity index (χ4v) is 3.09. The third-order valence-electron chi connectivity index (χ3n) is 4.57. The molecule has 0 saturated heterocycles. The number of rotatable bonds is 9. The van der Waals surface area contributed by atoms with Gasteiger partial charge in [0, 0.05) is 23.5 Å². The molecule has 1 heterocycles. The molecule has 0 saturated carbocycles. The van der Waals surface area contributed by atoms with Gasteiger partial charge in [-0.25, -0.2) is 0 Å². The van der Waals surface area contributed by atoms with E-state index in [1.807, 2.05) is 24.4 Å². The van der Waals surface area contributed by atoms with E-state index in [0.29, 0.717) is 23.5 Å². The monoisotopic (exact) mass is 381 g/mol. The van der Waals surface area contributed by atoms with E-state index >= 15 is 0 Å². The molecule has 3 aromatic rings. The molecule has 0 spiro atoms. The zero-order valence-electron chi connectivity index (χ0n) is 16.0. The second-order valence-corrected chi connectivity index (χ2v) is 6.36. The summed E-state index contributed by atoms with van der Waals surface area (Å²) in [5, 5.41) is 1.16. The number of aromatic amines is 1. The van der Waals surface area contributed by atoms with Crippen LogP contribution in [-0.4, -0.2) is 37.6 Å². The second kappa shape index (κ2) is 9.08. The number of carbonyl (C=O) groups is 2. The Morgan fingerprint density at radius 3 is 2.64 bits per heavy atom. The van der Waals surface area contributed by atoms with E-state index in [2.05, 4.69) is 11.1 Å². The summed E-state index contributed by atoms with van der Waals surface area (Å²) < 4.78 is 15.5. The summed E-state index contributed by atoms with van der Waals surface area (Å²) in [5.41, 5.74) is 2.58. The molecule has 2 aromatic carbocycles. The van der Waals surface area contributed by atoms with Gasteiger partial charge in [0.05, 0.1) is 19.8 Å². The quantitative estimate of drug-likeness (QED) is 0.449. The summed E-state index contributed by atoms with van der Waals surface area (Å²) in [6.45, 7) is -0.324. The highest BCUT2D eigenvalue weighted by Gasteiger charge is 2.16. The number of ketones is 1. The molecule has 0 fully saturated rings. The molecule has 146 valence electrons. The Kier molecular flexibility index (Phi) is 6.32. The fourth-order valence-electron chi connectivity index (χ4n) is 3.09. The van der Waals surface area contributed by atoms with Crippen molar-refractivity contribution in [3.05, 3.63) is 59.8 Å². The predicted molar refractivity (Wildman–Crippen MR) is 106 cm³/mol. The molecule has 0 atom stereocenters. The molecular weight excluding hydrogens is 358 g/mol. The lowest BCUT2D eigenvalue weighted by molar-refractivity contribution is -0.142. The van der Waals surface area contributed by atoms with Gasteiger partial charge in [0.25, 0.3) is 0 Å². The van der Waals surface area contributed by atoms with Gasteiger partial charge in [-0.15, -0.1) is 0 Å². The Hall–Kier alpha value is -3.28. The molecular formula is C22H23NO5. The van der Waals surface area contributed by atoms with Gasteiger partial charge in [0.15, 0.2) is 6.61 Å². The molecule has 0 aliphatic rings. The Bertz CT molecular complexity index is 976. The summed E-state index contributed by atoms with van der Waals surface area (Å²) >= 11 is 0. The van der Waals surface area contributed by atoms with Gasteiger partial charge >= 0.3 is 5.97 Å². The van der Waals surface area contributed by atoms with Gasteiger partial charge in [0.1, 0.15) is 11.5 Å². The van der Waals surface area contributed by atoms with E-state index in [4.69, 9.17) is 14.2 Å². The van der Waals surface area contributed by atoms with Crippen LogP contribution in [0.25, 0.3) is 10.9 Å². The molecule has 6 nitrogen and oxygen atoms in total. The molecule has 1 aromatic heterocycles. The highest BCUT2D eigenvalue weighted by atomic mass is 16.5. The number of aryl methyl sites for hydroxylation is 1. The van der Waals surface area contributed by atoms with Crippen LogP contribution in [0.5, 0.6) is 11.5 Å². The lowest BCUT2D eigenvalue weighted by Gasteiger charge is -2.10. The Morgan fingerprint density at radius 1 is 1.04 bits per heavy atom. The number of hydrogen-bond acceptors (Lipinski definition) is 5. The van der Waals surface area contributed by atoms with Crippen LogP contribution in [0, 0.1) is 0 Å². The van der Waals surface area contributed by atoms with Crippen molar-refractivity contribution in [2.45, 2.75) is 19.3 Å². The van der Waals surface area contributed by atoms with Crippen LogP contribution in [0.15, 0.2) is 48.7 Å². The smallest absolute Gasteiger partial charge is 0.306 e. The lowest BCUT2D eigenvalue weighted by Crippen LogP contribution is -2.15. The summed E-state index contributed by atoms with van der Waals surface area (Å²) in [7, 11) is 3.00. The molecule has 0 bridgehead atoms. The van der Waals surface area contributed by atoms with Crippen LogP contribution < -0.4 is 9.47 Å². The molecule has 0 unspecified atom stereocenters. The van der Waals surface area contributed by atoms with Gasteiger partial charge in [-0.2, -0.15) is 0 Å².